The summed E-state index contributed by atoms with van der Waals surface area (Å²) >= 11 is 0. The van der Waals surface area contributed by atoms with Crippen molar-refractivity contribution >= 4 is 0 Å². The van der Waals surface area contributed by atoms with Gasteiger partial charge < -0.3 is 14.8 Å². The highest BCUT2D eigenvalue weighted by Crippen LogP contribution is 2.24. The Morgan fingerprint density at radius 3 is 3.00 bits per heavy atom. The van der Waals surface area contributed by atoms with Crippen LogP contribution in [0, 0.1) is 5.92 Å². The third-order valence-electron chi connectivity index (χ3n) is 2.86. The van der Waals surface area contributed by atoms with Crippen LogP contribution in [0.25, 0.3) is 0 Å². The zero-order valence-electron chi connectivity index (χ0n) is 10.2. The minimum Gasteiger partial charge on any atom is -0.435 e. The predicted octanol–water partition coefficient (Wildman–Crippen LogP) is 2.59. The molecule has 0 bridgehead atoms. The summed E-state index contributed by atoms with van der Waals surface area (Å²) in [6.07, 6.45) is -0.115. The maximum atomic E-state index is 12.1. The first-order chi connectivity index (χ1) is 8.65. The molecular formula is C13H17F2NO2. The van der Waals surface area contributed by atoms with Crippen LogP contribution in [0.5, 0.6) is 5.75 Å². The molecule has 1 saturated heterocycles. The van der Waals surface area contributed by atoms with Crippen LogP contribution in [0.15, 0.2) is 24.3 Å². The van der Waals surface area contributed by atoms with Crippen molar-refractivity contribution in [1.29, 1.82) is 0 Å². The first-order valence-electron chi connectivity index (χ1n) is 6.02. The number of nitrogens with one attached hydrogen (secondary N) is 1. The Morgan fingerprint density at radius 1 is 1.39 bits per heavy atom. The third-order valence-corrected chi connectivity index (χ3v) is 2.86. The molecule has 1 heterocycles. The normalized spacial score (nSPS) is 24.9. The predicted molar refractivity (Wildman–Crippen MR) is 63.8 cm³/mol. The van der Waals surface area contributed by atoms with Crippen molar-refractivity contribution in [2.24, 2.45) is 5.92 Å². The Balaban J connectivity index is 2.07. The van der Waals surface area contributed by atoms with Gasteiger partial charge in [0.1, 0.15) is 5.75 Å². The molecule has 1 N–H and O–H groups in total. The van der Waals surface area contributed by atoms with Crippen molar-refractivity contribution < 1.29 is 18.3 Å². The lowest BCUT2D eigenvalue weighted by molar-refractivity contribution is -0.0500. The average Bonchev–Trinajstić information content (AvgIpc) is 2.53. The van der Waals surface area contributed by atoms with Gasteiger partial charge in [-0.3, -0.25) is 0 Å². The summed E-state index contributed by atoms with van der Waals surface area (Å²) in [6.45, 7) is 1.56. The zero-order chi connectivity index (χ0) is 13.0. The van der Waals surface area contributed by atoms with Gasteiger partial charge in [0.25, 0.3) is 0 Å². The molecule has 0 spiro atoms. The summed E-state index contributed by atoms with van der Waals surface area (Å²) in [6, 6.07) is 6.68. The summed E-state index contributed by atoms with van der Waals surface area (Å²) in [4.78, 5) is 0. The van der Waals surface area contributed by atoms with E-state index in [9.17, 15) is 8.78 Å². The van der Waals surface area contributed by atoms with Crippen molar-refractivity contribution in [3.05, 3.63) is 29.8 Å². The number of hydrogen-bond acceptors (Lipinski definition) is 3. The van der Waals surface area contributed by atoms with Gasteiger partial charge in [-0.2, -0.15) is 8.78 Å². The minimum atomic E-state index is -2.80. The Morgan fingerprint density at radius 2 is 2.22 bits per heavy atom. The van der Waals surface area contributed by atoms with Crippen molar-refractivity contribution in [1.82, 2.24) is 5.32 Å². The summed E-state index contributed by atoms with van der Waals surface area (Å²) in [7, 11) is 0. The highest BCUT2D eigenvalue weighted by atomic mass is 19.3. The number of ether oxygens (including phenoxy) is 2. The molecule has 0 amide bonds. The topological polar surface area (TPSA) is 30.5 Å². The van der Waals surface area contributed by atoms with Gasteiger partial charge in [-0.05, 0) is 23.6 Å². The molecule has 3 nitrogen and oxygen atoms in total. The molecule has 0 aromatic heterocycles. The molecule has 100 valence electrons. The maximum Gasteiger partial charge on any atom is 0.387 e. The van der Waals surface area contributed by atoms with E-state index >= 15 is 0 Å². The van der Waals surface area contributed by atoms with Crippen LogP contribution >= 0.6 is 0 Å². The van der Waals surface area contributed by atoms with Crippen LogP contribution in [0.1, 0.15) is 18.6 Å². The SMILES string of the molecule is CC1CNCC(c2cccc(OC(F)F)c2)OC1. The van der Waals surface area contributed by atoms with Gasteiger partial charge in [0.2, 0.25) is 0 Å². The Kier molecular flexibility index (Phi) is 4.49. The fourth-order valence-corrected chi connectivity index (χ4v) is 1.96. The van der Waals surface area contributed by atoms with E-state index in [0.29, 0.717) is 19.1 Å². The summed E-state index contributed by atoms with van der Waals surface area (Å²) in [5, 5.41) is 3.29. The molecule has 18 heavy (non-hydrogen) atoms. The Hall–Kier alpha value is -1.20. The molecular weight excluding hydrogens is 240 g/mol. The van der Waals surface area contributed by atoms with E-state index in [0.717, 1.165) is 12.1 Å². The lowest BCUT2D eigenvalue weighted by atomic mass is 10.1. The lowest BCUT2D eigenvalue weighted by Gasteiger charge is -2.16. The smallest absolute Gasteiger partial charge is 0.387 e. The van der Waals surface area contributed by atoms with Gasteiger partial charge >= 0.3 is 6.61 Å². The van der Waals surface area contributed by atoms with Gasteiger partial charge in [-0.25, -0.2) is 0 Å². The van der Waals surface area contributed by atoms with Gasteiger partial charge in [0.05, 0.1) is 12.7 Å². The summed E-state index contributed by atoms with van der Waals surface area (Å²) in [5.74, 6) is 0.624. The number of benzene rings is 1. The molecule has 2 rings (SSSR count). The molecule has 1 fully saturated rings. The van der Waals surface area contributed by atoms with Crippen LogP contribution in [-0.2, 0) is 4.74 Å². The molecule has 0 radical (unpaired) electrons. The summed E-state index contributed by atoms with van der Waals surface area (Å²) in [5.41, 5.74) is 0.856. The second kappa shape index (κ2) is 6.11. The molecule has 0 saturated carbocycles. The fourth-order valence-electron chi connectivity index (χ4n) is 1.96. The first-order valence-corrected chi connectivity index (χ1v) is 6.02. The van der Waals surface area contributed by atoms with Crippen molar-refractivity contribution in [3.63, 3.8) is 0 Å². The standard InChI is InChI=1S/C13H17F2NO2/c1-9-6-16-7-12(17-8-9)10-3-2-4-11(5-10)18-13(14)15/h2-5,9,12-13,16H,6-8H2,1H3. The quantitative estimate of drug-likeness (QED) is 0.902. The maximum absolute atomic E-state index is 12.1. The van der Waals surface area contributed by atoms with E-state index in [-0.39, 0.29) is 11.9 Å². The van der Waals surface area contributed by atoms with Gasteiger partial charge in [-0.15, -0.1) is 0 Å². The largest absolute Gasteiger partial charge is 0.435 e. The van der Waals surface area contributed by atoms with E-state index in [1.807, 2.05) is 6.07 Å². The first kappa shape index (κ1) is 13.2. The van der Waals surface area contributed by atoms with Crippen LogP contribution in [0.3, 0.4) is 0 Å². The van der Waals surface area contributed by atoms with E-state index in [1.165, 1.54) is 6.07 Å². The molecule has 2 atom stereocenters. The molecule has 5 heteroatoms. The minimum absolute atomic E-state index is 0.115. The monoisotopic (exact) mass is 257 g/mol. The average molecular weight is 257 g/mol. The van der Waals surface area contributed by atoms with Crippen molar-refractivity contribution in [2.45, 2.75) is 19.6 Å². The number of hydrogen-bond donors (Lipinski definition) is 1. The molecule has 1 aromatic rings. The lowest BCUT2D eigenvalue weighted by Crippen LogP contribution is -2.22. The van der Waals surface area contributed by atoms with E-state index in [2.05, 4.69) is 17.0 Å². The Bertz CT molecular complexity index is 387. The highest BCUT2D eigenvalue weighted by molar-refractivity contribution is 5.30. The molecule has 1 aromatic carbocycles. The number of halogens is 2. The third kappa shape index (κ3) is 3.65. The molecule has 0 aliphatic carbocycles. The van der Waals surface area contributed by atoms with Gasteiger partial charge in [0.15, 0.2) is 0 Å². The van der Waals surface area contributed by atoms with Crippen molar-refractivity contribution in [3.8, 4) is 5.75 Å². The second-order valence-electron chi connectivity index (χ2n) is 4.54. The van der Waals surface area contributed by atoms with Crippen molar-refractivity contribution in [2.75, 3.05) is 19.7 Å². The van der Waals surface area contributed by atoms with Gasteiger partial charge in [-0.1, -0.05) is 19.1 Å². The van der Waals surface area contributed by atoms with Crippen LogP contribution in [0.4, 0.5) is 8.78 Å². The Labute approximate surface area is 105 Å². The molecule has 1 aliphatic heterocycles. The van der Waals surface area contributed by atoms with E-state index in [4.69, 9.17) is 4.74 Å². The van der Waals surface area contributed by atoms with Crippen LogP contribution in [-0.4, -0.2) is 26.3 Å². The number of alkyl halides is 2. The van der Waals surface area contributed by atoms with E-state index in [1.54, 1.807) is 12.1 Å². The fraction of sp³-hybridized carbons (Fsp3) is 0.538. The van der Waals surface area contributed by atoms with Crippen LogP contribution in [0.2, 0.25) is 0 Å². The summed E-state index contributed by atoms with van der Waals surface area (Å²) < 4.78 is 34.4. The molecule has 1 aliphatic rings. The van der Waals surface area contributed by atoms with E-state index < -0.39 is 6.61 Å². The molecule has 2 unspecified atom stereocenters. The van der Waals surface area contributed by atoms with Gasteiger partial charge in [0, 0.05) is 13.1 Å². The highest BCUT2D eigenvalue weighted by Gasteiger charge is 2.18. The number of rotatable bonds is 3. The second-order valence-corrected chi connectivity index (χ2v) is 4.54. The zero-order valence-corrected chi connectivity index (χ0v) is 10.2. The van der Waals surface area contributed by atoms with Crippen LogP contribution < -0.4 is 10.1 Å².